The van der Waals surface area contributed by atoms with Crippen LogP contribution in [0.3, 0.4) is 0 Å². The number of ketones is 1. The Hall–Kier alpha value is -2.62. The third-order valence-electron chi connectivity index (χ3n) is 3.26. The first-order valence-electron chi connectivity index (χ1n) is 6.88. The number of benzene rings is 2. The van der Waals surface area contributed by atoms with E-state index in [0.717, 1.165) is 0 Å². The fourth-order valence-electron chi connectivity index (χ4n) is 2.04. The Morgan fingerprint density at radius 3 is 2.50 bits per heavy atom. The molecule has 0 aromatic heterocycles. The number of allylic oxidation sites excluding steroid dienone is 1. The van der Waals surface area contributed by atoms with E-state index in [2.05, 4.69) is 11.9 Å². The Kier molecular flexibility index (Phi) is 4.94. The number of ether oxygens (including phenoxy) is 1. The highest BCUT2D eigenvalue weighted by molar-refractivity contribution is 5.97. The number of carbonyl (C=O) groups is 1. The van der Waals surface area contributed by atoms with Gasteiger partial charge in [0, 0.05) is 16.9 Å². The highest BCUT2D eigenvalue weighted by Crippen LogP contribution is 2.18. The second-order valence-corrected chi connectivity index (χ2v) is 5.02. The Labute approximate surface area is 129 Å². The molecule has 0 saturated heterocycles. The molecule has 22 heavy (non-hydrogen) atoms. The molecule has 0 atom stereocenters. The second kappa shape index (κ2) is 6.89. The van der Waals surface area contributed by atoms with Crippen LogP contribution in [0.1, 0.15) is 22.3 Å². The number of hydrogen-bond donors (Lipinski definition) is 1. The van der Waals surface area contributed by atoms with Gasteiger partial charge in [-0.05, 0) is 55.0 Å². The van der Waals surface area contributed by atoms with Crippen molar-refractivity contribution in [3.8, 4) is 5.75 Å². The minimum Gasteiger partial charge on any atom is -0.497 e. The molecule has 0 bridgehead atoms. The van der Waals surface area contributed by atoms with Gasteiger partial charge in [-0.3, -0.25) is 4.79 Å². The Balaban J connectivity index is 1.98. The van der Waals surface area contributed by atoms with Gasteiger partial charge in [0.15, 0.2) is 5.78 Å². The zero-order valence-corrected chi connectivity index (χ0v) is 12.7. The van der Waals surface area contributed by atoms with E-state index in [1.807, 2.05) is 0 Å². The average molecular weight is 299 g/mol. The maximum absolute atomic E-state index is 13.2. The van der Waals surface area contributed by atoms with E-state index in [1.54, 1.807) is 50.4 Å². The first-order valence-corrected chi connectivity index (χ1v) is 6.88. The van der Waals surface area contributed by atoms with E-state index in [0.29, 0.717) is 28.3 Å². The molecule has 2 rings (SSSR count). The molecule has 0 aliphatic rings. The van der Waals surface area contributed by atoms with Gasteiger partial charge in [-0.2, -0.15) is 0 Å². The third kappa shape index (κ3) is 3.95. The van der Waals surface area contributed by atoms with Crippen molar-refractivity contribution in [2.24, 2.45) is 0 Å². The van der Waals surface area contributed by atoms with Crippen LogP contribution in [0.15, 0.2) is 54.7 Å². The van der Waals surface area contributed by atoms with E-state index < -0.39 is 0 Å². The molecule has 114 valence electrons. The maximum atomic E-state index is 13.2. The number of hydrogen-bond acceptors (Lipinski definition) is 3. The highest BCUT2D eigenvalue weighted by Gasteiger charge is 2.09. The third-order valence-corrected chi connectivity index (χ3v) is 3.26. The van der Waals surface area contributed by atoms with Crippen LogP contribution in [0.5, 0.6) is 5.75 Å². The topological polar surface area (TPSA) is 38.3 Å². The fraction of sp³-hybridized carbons (Fsp3) is 0.167. The number of rotatable bonds is 6. The van der Waals surface area contributed by atoms with Crippen LogP contribution in [0.2, 0.25) is 0 Å². The summed E-state index contributed by atoms with van der Waals surface area (Å²) in [7, 11) is 1.58. The standard InChI is InChI=1S/C18H18FNO2/c1-12-10-15(6-9-17(12)19)20-13(2)11-18(21)14-4-7-16(22-3)8-5-14/h4-10,20H,2,11H2,1,3H3. The van der Waals surface area contributed by atoms with E-state index >= 15 is 0 Å². The molecule has 0 amide bonds. The van der Waals surface area contributed by atoms with E-state index in [4.69, 9.17) is 4.74 Å². The summed E-state index contributed by atoms with van der Waals surface area (Å²) in [6, 6.07) is 11.6. The number of anilines is 1. The molecule has 0 spiro atoms. The predicted octanol–water partition coefficient (Wildman–Crippen LogP) is 4.34. The van der Waals surface area contributed by atoms with Crippen molar-refractivity contribution in [1.82, 2.24) is 0 Å². The van der Waals surface area contributed by atoms with Crippen molar-refractivity contribution in [3.05, 3.63) is 71.7 Å². The molecule has 0 fully saturated rings. The Bertz CT molecular complexity index is 693. The number of carbonyl (C=O) groups excluding carboxylic acids is 1. The van der Waals surface area contributed by atoms with Crippen LogP contribution in [-0.2, 0) is 0 Å². The largest absolute Gasteiger partial charge is 0.497 e. The van der Waals surface area contributed by atoms with Crippen LogP contribution in [0.25, 0.3) is 0 Å². The van der Waals surface area contributed by atoms with Gasteiger partial charge in [0.05, 0.1) is 13.5 Å². The lowest BCUT2D eigenvalue weighted by Gasteiger charge is -2.10. The molecule has 0 unspecified atom stereocenters. The van der Waals surface area contributed by atoms with Crippen LogP contribution in [0.4, 0.5) is 10.1 Å². The van der Waals surface area contributed by atoms with Crippen LogP contribution < -0.4 is 10.1 Å². The monoisotopic (exact) mass is 299 g/mol. The maximum Gasteiger partial charge on any atom is 0.168 e. The van der Waals surface area contributed by atoms with Crippen molar-refractivity contribution < 1.29 is 13.9 Å². The Morgan fingerprint density at radius 1 is 1.23 bits per heavy atom. The molecular formula is C18H18FNO2. The zero-order chi connectivity index (χ0) is 16.1. The Morgan fingerprint density at radius 2 is 1.91 bits per heavy atom. The lowest BCUT2D eigenvalue weighted by atomic mass is 10.1. The summed E-state index contributed by atoms with van der Waals surface area (Å²) in [6.07, 6.45) is 0.169. The normalized spacial score (nSPS) is 10.1. The van der Waals surface area contributed by atoms with E-state index in [1.165, 1.54) is 6.07 Å². The molecule has 0 radical (unpaired) electrons. The number of methoxy groups -OCH3 is 1. The van der Waals surface area contributed by atoms with Crippen LogP contribution in [0, 0.1) is 12.7 Å². The van der Waals surface area contributed by atoms with Gasteiger partial charge >= 0.3 is 0 Å². The number of aryl methyl sites for hydroxylation is 1. The summed E-state index contributed by atoms with van der Waals surface area (Å²) in [6.45, 7) is 5.54. The second-order valence-electron chi connectivity index (χ2n) is 5.02. The van der Waals surface area contributed by atoms with E-state index in [9.17, 15) is 9.18 Å². The molecule has 4 heteroatoms. The lowest BCUT2D eigenvalue weighted by Crippen LogP contribution is -2.06. The molecular weight excluding hydrogens is 281 g/mol. The minimum absolute atomic E-state index is 0.0426. The SMILES string of the molecule is C=C(CC(=O)c1ccc(OC)cc1)Nc1ccc(F)c(C)c1. The van der Waals surface area contributed by atoms with Gasteiger partial charge < -0.3 is 10.1 Å². The quantitative estimate of drug-likeness (QED) is 0.806. The van der Waals surface area contributed by atoms with Crippen molar-refractivity contribution in [2.75, 3.05) is 12.4 Å². The summed E-state index contributed by atoms with van der Waals surface area (Å²) in [5, 5.41) is 3.03. The van der Waals surface area contributed by atoms with E-state index in [-0.39, 0.29) is 18.0 Å². The first kappa shape index (κ1) is 15.8. The van der Waals surface area contributed by atoms with Crippen molar-refractivity contribution in [1.29, 1.82) is 0 Å². The van der Waals surface area contributed by atoms with Gasteiger partial charge in [0.2, 0.25) is 0 Å². The van der Waals surface area contributed by atoms with Crippen LogP contribution >= 0.6 is 0 Å². The van der Waals surface area contributed by atoms with Gasteiger partial charge in [0.1, 0.15) is 11.6 Å². The summed E-state index contributed by atoms with van der Waals surface area (Å²) in [5.41, 5.74) is 2.41. The molecule has 2 aromatic rings. The molecule has 0 aliphatic carbocycles. The smallest absolute Gasteiger partial charge is 0.168 e. The van der Waals surface area contributed by atoms with Gasteiger partial charge in [-0.15, -0.1) is 0 Å². The summed E-state index contributed by atoms with van der Waals surface area (Å²) in [4.78, 5) is 12.2. The summed E-state index contributed by atoms with van der Waals surface area (Å²) < 4.78 is 18.3. The zero-order valence-electron chi connectivity index (χ0n) is 12.7. The average Bonchev–Trinajstić information content (AvgIpc) is 2.51. The lowest BCUT2D eigenvalue weighted by molar-refractivity contribution is 0.0993. The molecule has 3 nitrogen and oxygen atoms in total. The first-order chi connectivity index (χ1) is 10.5. The van der Waals surface area contributed by atoms with Gasteiger partial charge in [0.25, 0.3) is 0 Å². The molecule has 0 aliphatic heterocycles. The van der Waals surface area contributed by atoms with Gasteiger partial charge in [-0.1, -0.05) is 6.58 Å². The molecule has 0 saturated carbocycles. The van der Waals surface area contributed by atoms with Gasteiger partial charge in [-0.25, -0.2) is 4.39 Å². The number of halogens is 1. The molecule has 2 aromatic carbocycles. The summed E-state index contributed by atoms with van der Waals surface area (Å²) >= 11 is 0. The van der Waals surface area contributed by atoms with Crippen molar-refractivity contribution in [3.63, 3.8) is 0 Å². The van der Waals surface area contributed by atoms with Crippen molar-refractivity contribution >= 4 is 11.5 Å². The number of nitrogens with one attached hydrogen (secondary N) is 1. The molecule has 1 N–H and O–H groups in total. The fourth-order valence-corrected chi connectivity index (χ4v) is 2.04. The van der Waals surface area contributed by atoms with Crippen molar-refractivity contribution in [2.45, 2.75) is 13.3 Å². The highest BCUT2D eigenvalue weighted by atomic mass is 19.1. The molecule has 0 heterocycles. The minimum atomic E-state index is -0.259. The summed E-state index contributed by atoms with van der Waals surface area (Å²) in [5.74, 6) is 0.403. The van der Waals surface area contributed by atoms with Crippen LogP contribution in [-0.4, -0.2) is 12.9 Å². The number of Topliss-reactive ketones (excluding diaryl/α,β-unsaturated/α-hetero) is 1. The predicted molar refractivity (Wildman–Crippen MR) is 85.8 cm³/mol.